The first-order valence-corrected chi connectivity index (χ1v) is 8.21. The van der Waals surface area contributed by atoms with Gasteiger partial charge in [0.25, 0.3) is 0 Å². The van der Waals surface area contributed by atoms with E-state index in [1.54, 1.807) is 16.4 Å². The van der Waals surface area contributed by atoms with E-state index in [2.05, 4.69) is 31.2 Å². The van der Waals surface area contributed by atoms with E-state index in [9.17, 15) is 0 Å². The molecule has 0 aromatic heterocycles. The monoisotopic (exact) mass is 321 g/mol. The lowest BCUT2D eigenvalue weighted by Gasteiger charge is -2.14. The van der Waals surface area contributed by atoms with Gasteiger partial charge in [-0.25, -0.2) is 0 Å². The molecule has 0 saturated carbocycles. The quantitative estimate of drug-likeness (QED) is 0.306. The Labute approximate surface area is 134 Å². The first-order chi connectivity index (χ1) is 10.2. The second kappa shape index (κ2) is 9.12. The molecule has 5 heteroatoms. The summed E-state index contributed by atoms with van der Waals surface area (Å²) in [5.74, 6) is 0. The van der Waals surface area contributed by atoms with Gasteiger partial charge < -0.3 is 4.18 Å². The molecule has 0 fully saturated rings. The summed E-state index contributed by atoms with van der Waals surface area (Å²) in [6.07, 6.45) is 0. The SMILES string of the molecule is Cc1ccc(SOCCON(C)Sc2ccccc2)cc1. The fraction of sp³-hybridized carbons (Fsp3) is 0.250. The summed E-state index contributed by atoms with van der Waals surface area (Å²) in [4.78, 5) is 7.81. The van der Waals surface area contributed by atoms with E-state index < -0.39 is 0 Å². The number of hydroxylamine groups is 1. The summed E-state index contributed by atoms with van der Waals surface area (Å²) in [6, 6.07) is 18.4. The van der Waals surface area contributed by atoms with Crippen LogP contribution in [0.3, 0.4) is 0 Å². The van der Waals surface area contributed by atoms with Crippen LogP contribution in [0.25, 0.3) is 0 Å². The molecule has 0 amide bonds. The molecule has 0 unspecified atom stereocenters. The van der Waals surface area contributed by atoms with Crippen molar-refractivity contribution in [3.63, 3.8) is 0 Å². The van der Waals surface area contributed by atoms with Crippen molar-refractivity contribution in [2.24, 2.45) is 0 Å². The van der Waals surface area contributed by atoms with Gasteiger partial charge in [-0.05, 0) is 43.1 Å². The molecule has 3 nitrogen and oxygen atoms in total. The van der Waals surface area contributed by atoms with Crippen molar-refractivity contribution in [2.45, 2.75) is 16.7 Å². The van der Waals surface area contributed by atoms with Gasteiger partial charge in [0.2, 0.25) is 0 Å². The van der Waals surface area contributed by atoms with Crippen LogP contribution >= 0.6 is 24.0 Å². The molecule has 0 heterocycles. The molecule has 2 rings (SSSR count). The lowest BCUT2D eigenvalue weighted by Crippen LogP contribution is -2.13. The van der Waals surface area contributed by atoms with E-state index in [-0.39, 0.29) is 0 Å². The number of aryl methyl sites for hydroxylation is 1. The average molecular weight is 321 g/mol. The van der Waals surface area contributed by atoms with Crippen LogP contribution in [0.2, 0.25) is 0 Å². The fourth-order valence-electron chi connectivity index (χ4n) is 1.56. The van der Waals surface area contributed by atoms with E-state index in [1.807, 2.05) is 37.4 Å². The topological polar surface area (TPSA) is 21.7 Å². The lowest BCUT2D eigenvalue weighted by atomic mass is 10.2. The minimum Gasteiger partial charge on any atom is -0.308 e. The number of nitrogens with zero attached hydrogens (tertiary/aromatic N) is 1. The Bertz CT molecular complexity index is 520. The standard InChI is InChI=1S/C16H19NO2S2/c1-14-8-10-16(11-9-14)21-19-13-12-18-17(2)20-15-6-4-3-5-7-15/h3-11H,12-13H2,1-2H3. The van der Waals surface area contributed by atoms with Crippen molar-refractivity contribution in [3.8, 4) is 0 Å². The number of rotatable bonds is 8. The molecule has 0 radical (unpaired) electrons. The van der Waals surface area contributed by atoms with Gasteiger partial charge in [-0.3, -0.25) is 4.84 Å². The molecule has 0 N–H and O–H groups in total. The summed E-state index contributed by atoms with van der Waals surface area (Å²) in [7, 11) is 1.89. The number of hydrogen-bond donors (Lipinski definition) is 0. The highest BCUT2D eigenvalue weighted by molar-refractivity contribution is 7.96. The Kier molecular flexibility index (Phi) is 7.12. The van der Waals surface area contributed by atoms with Crippen molar-refractivity contribution < 1.29 is 9.02 Å². The third-order valence-electron chi connectivity index (χ3n) is 2.59. The molecule has 2 aromatic carbocycles. The minimum atomic E-state index is 0.523. The van der Waals surface area contributed by atoms with E-state index in [1.165, 1.54) is 17.6 Å². The Morgan fingerprint density at radius 3 is 2.33 bits per heavy atom. The first-order valence-electron chi connectivity index (χ1n) is 6.70. The summed E-state index contributed by atoms with van der Waals surface area (Å²) in [6.45, 7) is 3.14. The maximum Gasteiger partial charge on any atom is 0.0942 e. The lowest BCUT2D eigenvalue weighted by molar-refractivity contribution is -0.0638. The average Bonchev–Trinajstić information content (AvgIpc) is 2.50. The number of benzene rings is 2. The minimum absolute atomic E-state index is 0.523. The second-order valence-electron chi connectivity index (χ2n) is 4.40. The molecule has 112 valence electrons. The smallest absolute Gasteiger partial charge is 0.0942 e. The predicted octanol–water partition coefficient (Wildman–Crippen LogP) is 4.59. The summed E-state index contributed by atoms with van der Waals surface area (Å²) in [5, 5.41) is 0. The molecule has 0 spiro atoms. The summed E-state index contributed by atoms with van der Waals surface area (Å²) < 4.78 is 7.26. The second-order valence-corrected chi connectivity index (χ2v) is 6.44. The Morgan fingerprint density at radius 1 is 0.905 bits per heavy atom. The largest absolute Gasteiger partial charge is 0.308 e. The molecule has 2 aromatic rings. The van der Waals surface area contributed by atoms with Crippen LogP contribution in [0.1, 0.15) is 5.56 Å². The van der Waals surface area contributed by atoms with Crippen molar-refractivity contribution in [2.75, 3.05) is 20.3 Å². The highest BCUT2D eigenvalue weighted by Crippen LogP contribution is 2.21. The van der Waals surface area contributed by atoms with Gasteiger partial charge in [-0.1, -0.05) is 35.9 Å². The van der Waals surface area contributed by atoms with E-state index >= 15 is 0 Å². The van der Waals surface area contributed by atoms with Crippen LogP contribution in [-0.2, 0) is 9.02 Å². The molecule has 0 aliphatic heterocycles. The highest BCUT2D eigenvalue weighted by Gasteiger charge is 2.01. The molecule has 0 atom stereocenters. The van der Waals surface area contributed by atoms with Crippen molar-refractivity contribution >= 4 is 24.0 Å². The van der Waals surface area contributed by atoms with Gasteiger partial charge in [-0.2, -0.15) is 0 Å². The van der Waals surface area contributed by atoms with E-state index in [0.717, 1.165) is 9.79 Å². The Hall–Kier alpha value is -0.980. The van der Waals surface area contributed by atoms with Gasteiger partial charge in [0.05, 0.1) is 13.2 Å². The van der Waals surface area contributed by atoms with E-state index in [4.69, 9.17) is 9.02 Å². The van der Waals surface area contributed by atoms with Gasteiger partial charge in [0.1, 0.15) is 0 Å². The van der Waals surface area contributed by atoms with Crippen LogP contribution in [0, 0.1) is 6.92 Å². The fourth-order valence-corrected chi connectivity index (χ4v) is 2.80. The van der Waals surface area contributed by atoms with Gasteiger partial charge in [-0.15, -0.1) is 4.47 Å². The zero-order valence-electron chi connectivity index (χ0n) is 12.2. The van der Waals surface area contributed by atoms with Crippen LogP contribution < -0.4 is 0 Å². The molecule has 0 saturated heterocycles. The normalized spacial score (nSPS) is 11.0. The van der Waals surface area contributed by atoms with Gasteiger partial charge in [0, 0.05) is 28.9 Å². The highest BCUT2D eigenvalue weighted by atomic mass is 32.2. The zero-order chi connectivity index (χ0) is 14.9. The molecule has 21 heavy (non-hydrogen) atoms. The Morgan fingerprint density at radius 2 is 1.62 bits per heavy atom. The van der Waals surface area contributed by atoms with Gasteiger partial charge in [0.15, 0.2) is 0 Å². The first kappa shape index (κ1) is 16.4. The van der Waals surface area contributed by atoms with Crippen LogP contribution in [0.15, 0.2) is 64.4 Å². The van der Waals surface area contributed by atoms with Crippen LogP contribution in [0.5, 0.6) is 0 Å². The van der Waals surface area contributed by atoms with Gasteiger partial charge >= 0.3 is 0 Å². The molecular weight excluding hydrogens is 302 g/mol. The molecule has 0 bridgehead atoms. The molecule has 0 aliphatic carbocycles. The third-order valence-corrected chi connectivity index (χ3v) is 4.19. The van der Waals surface area contributed by atoms with Crippen molar-refractivity contribution in [1.82, 2.24) is 4.47 Å². The van der Waals surface area contributed by atoms with Crippen molar-refractivity contribution in [3.05, 3.63) is 60.2 Å². The zero-order valence-corrected chi connectivity index (χ0v) is 13.8. The number of hydrogen-bond acceptors (Lipinski definition) is 5. The van der Waals surface area contributed by atoms with E-state index in [0.29, 0.717) is 13.2 Å². The summed E-state index contributed by atoms with van der Waals surface area (Å²) in [5.41, 5.74) is 1.25. The Balaban J connectivity index is 1.58. The third kappa shape index (κ3) is 6.54. The maximum absolute atomic E-state index is 5.56. The molecular formula is C16H19NO2S2. The maximum atomic E-state index is 5.56. The molecule has 0 aliphatic rings. The summed E-state index contributed by atoms with van der Waals surface area (Å²) >= 11 is 2.93. The van der Waals surface area contributed by atoms with Crippen LogP contribution in [-0.4, -0.2) is 24.7 Å². The van der Waals surface area contributed by atoms with Crippen molar-refractivity contribution in [1.29, 1.82) is 0 Å². The predicted molar refractivity (Wildman–Crippen MR) is 89.0 cm³/mol. The van der Waals surface area contributed by atoms with Crippen LogP contribution in [0.4, 0.5) is 0 Å².